The maximum absolute atomic E-state index is 5.20. The van der Waals surface area contributed by atoms with Gasteiger partial charge in [0.25, 0.3) is 0 Å². The van der Waals surface area contributed by atoms with Gasteiger partial charge >= 0.3 is 0 Å². The molecule has 0 saturated carbocycles. The van der Waals surface area contributed by atoms with Gasteiger partial charge in [-0.3, -0.25) is 9.89 Å². The molecule has 2 aliphatic rings. The molecule has 2 rings (SSSR count). The van der Waals surface area contributed by atoms with E-state index in [1.165, 1.54) is 32.2 Å². The van der Waals surface area contributed by atoms with Crippen molar-refractivity contribution in [2.75, 3.05) is 53.0 Å². The lowest BCUT2D eigenvalue weighted by molar-refractivity contribution is 0.142. The van der Waals surface area contributed by atoms with E-state index in [1.807, 2.05) is 0 Å². The van der Waals surface area contributed by atoms with Gasteiger partial charge < -0.3 is 15.0 Å². The molecule has 1 atom stereocenters. The number of methoxy groups -OCH3 is 1. The third kappa shape index (κ3) is 5.90. The van der Waals surface area contributed by atoms with Crippen molar-refractivity contribution in [1.82, 2.24) is 15.1 Å². The number of guanidine groups is 1. The highest BCUT2D eigenvalue weighted by Crippen LogP contribution is 2.17. The lowest BCUT2D eigenvalue weighted by Gasteiger charge is -2.25. The minimum Gasteiger partial charge on any atom is -0.383 e. The number of ether oxygens (including phenoxy) is 1. The molecule has 0 aromatic rings. The Hall–Kier alpha value is -0.0800. The maximum atomic E-state index is 5.20. The molecule has 2 fully saturated rings. The van der Waals surface area contributed by atoms with Crippen molar-refractivity contribution in [2.24, 2.45) is 4.99 Å². The van der Waals surface area contributed by atoms with E-state index in [4.69, 9.17) is 9.73 Å². The molecule has 2 heterocycles. The second-order valence-electron chi connectivity index (χ2n) is 5.71. The third-order valence-corrected chi connectivity index (χ3v) is 4.27. The molecule has 0 radical (unpaired) electrons. The molecule has 2 saturated heterocycles. The van der Waals surface area contributed by atoms with Crippen LogP contribution < -0.4 is 5.32 Å². The number of halogens is 1. The first-order chi connectivity index (χ1) is 9.85. The predicted octanol–water partition coefficient (Wildman–Crippen LogP) is 1.78. The Bertz CT molecular complexity index is 308. The Morgan fingerprint density at radius 3 is 2.67 bits per heavy atom. The highest BCUT2D eigenvalue weighted by atomic mass is 127. The highest BCUT2D eigenvalue weighted by molar-refractivity contribution is 14.0. The number of nitrogens with one attached hydrogen (secondary N) is 1. The Morgan fingerprint density at radius 2 is 2.00 bits per heavy atom. The Labute approximate surface area is 146 Å². The average molecular weight is 410 g/mol. The van der Waals surface area contributed by atoms with Crippen LogP contribution in [0.4, 0.5) is 0 Å². The minimum atomic E-state index is 0. The van der Waals surface area contributed by atoms with Gasteiger partial charge in [-0.2, -0.15) is 0 Å². The summed E-state index contributed by atoms with van der Waals surface area (Å²) in [5.41, 5.74) is 0. The molecule has 0 spiro atoms. The van der Waals surface area contributed by atoms with Crippen molar-refractivity contribution >= 4 is 29.9 Å². The van der Waals surface area contributed by atoms with Crippen LogP contribution in [0.1, 0.15) is 32.6 Å². The maximum Gasteiger partial charge on any atom is 0.193 e. The molecular formula is C15H31IN4O. The standard InChI is InChI=1S/C15H30N4O.HI/c1-3-16-15(19-8-4-5-9-19)17-13-14-7-6-10-18(14)11-12-20-2;/h14H,3-13H2,1-2H3,(H,16,17);1H. The molecule has 0 bridgehead atoms. The van der Waals surface area contributed by atoms with Crippen LogP contribution in [0.2, 0.25) is 0 Å². The number of rotatable bonds is 6. The van der Waals surface area contributed by atoms with Gasteiger partial charge in [0.2, 0.25) is 0 Å². The van der Waals surface area contributed by atoms with Gasteiger partial charge in [-0.15, -0.1) is 24.0 Å². The van der Waals surface area contributed by atoms with Crippen LogP contribution >= 0.6 is 24.0 Å². The van der Waals surface area contributed by atoms with Crippen LogP contribution in [0, 0.1) is 0 Å². The predicted molar refractivity (Wildman–Crippen MR) is 98.7 cm³/mol. The van der Waals surface area contributed by atoms with Gasteiger partial charge in [0.15, 0.2) is 5.96 Å². The first-order valence-electron chi connectivity index (χ1n) is 8.11. The Morgan fingerprint density at radius 1 is 1.24 bits per heavy atom. The summed E-state index contributed by atoms with van der Waals surface area (Å²) < 4.78 is 5.20. The number of aliphatic imine (C=N–C) groups is 1. The summed E-state index contributed by atoms with van der Waals surface area (Å²) in [6, 6.07) is 0.599. The molecule has 5 nitrogen and oxygen atoms in total. The van der Waals surface area contributed by atoms with Gasteiger partial charge in [-0.25, -0.2) is 0 Å². The fourth-order valence-corrected chi connectivity index (χ4v) is 3.15. The van der Waals surface area contributed by atoms with Crippen molar-refractivity contribution < 1.29 is 4.74 Å². The lowest BCUT2D eigenvalue weighted by Crippen LogP contribution is -2.41. The quantitative estimate of drug-likeness (QED) is 0.412. The summed E-state index contributed by atoms with van der Waals surface area (Å²) in [4.78, 5) is 9.81. The fraction of sp³-hybridized carbons (Fsp3) is 0.933. The van der Waals surface area contributed by atoms with Crippen molar-refractivity contribution in [1.29, 1.82) is 0 Å². The molecular weight excluding hydrogens is 379 g/mol. The van der Waals surface area contributed by atoms with Crippen molar-refractivity contribution in [3.8, 4) is 0 Å². The van der Waals surface area contributed by atoms with E-state index in [1.54, 1.807) is 7.11 Å². The van der Waals surface area contributed by atoms with Crippen molar-refractivity contribution in [3.63, 3.8) is 0 Å². The molecule has 2 aliphatic heterocycles. The molecule has 124 valence electrons. The smallest absolute Gasteiger partial charge is 0.193 e. The van der Waals surface area contributed by atoms with Gasteiger partial charge in [0.1, 0.15) is 0 Å². The van der Waals surface area contributed by atoms with E-state index < -0.39 is 0 Å². The van der Waals surface area contributed by atoms with Gasteiger partial charge in [-0.1, -0.05) is 0 Å². The number of hydrogen-bond acceptors (Lipinski definition) is 3. The lowest BCUT2D eigenvalue weighted by atomic mass is 10.2. The van der Waals surface area contributed by atoms with Crippen LogP contribution in [0.25, 0.3) is 0 Å². The van der Waals surface area contributed by atoms with E-state index in [-0.39, 0.29) is 24.0 Å². The van der Waals surface area contributed by atoms with Crippen molar-refractivity contribution in [3.05, 3.63) is 0 Å². The topological polar surface area (TPSA) is 40.1 Å². The van der Waals surface area contributed by atoms with Crippen LogP contribution in [-0.2, 0) is 4.74 Å². The fourth-order valence-electron chi connectivity index (χ4n) is 3.15. The normalized spacial score (nSPS) is 23.4. The molecule has 1 unspecified atom stereocenters. The highest BCUT2D eigenvalue weighted by Gasteiger charge is 2.24. The summed E-state index contributed by atoms with van der Waals surface area (Å²) in [6.07, 6.45) is 5.17. The molecule has 0 aromatic carbocycles. The molecule has 0 aliphatic carbocycles. The largest absolute Gasteiger partial charge is 0.383 e. The molecule has 21 heavy (non-hydrogen) atoms. The van der Waals surface area contributed by atoms with Gasteiger partial charge in [0.05, 0.1) is 13.2 Å². The number of likely N-dealkylation sites (tertiary alicyclic amines) is 2. The molecule has 0 aromatic heterocycles. The van der Waals surface area contributed by atoms with Crippen molar-refractivity contribution in [2.45, 2.75) is 38.6 Å². The van der Waals surface area contributed by atoms with Crippen LogP contribution in [-0.4, -0.2) is 74.8 Å². The van der Waals surface area contributed by atoms with E-state index in [2.05, 4.69) is 22.0 Å². The first-order valence-corrected chi connectivity index (χ1v) is 8.11. The zero-order valence-electron chi connectivity index (χ0n) is 13.5. The third-order valence-electron chi connectivity index (χ3n) is 4.27. The van der Waals surface area contributed by atoms with Gasteiger partial charge in [0, 0.05) is 39.3 Å². The number of nitrogens with zero attached hydrogens (tertiary/aromatic N) is 3. The van der Waals surface area contributed by atoms with E-state index >= 15 is 0 Å². The monoisotopic (exact) mass is 410 g/mol. The van der Waals surface area contributed by atoms with Gasteiger partial charge in [-0.05, 0) is 39.2 Å². The molecule has 0 amide bonds. The summed E-state index contributed by atoms with van der Waals surface area (Å²) in [5.74, 6) is 1.11. The average Bonchev–Trinajstić information content (AvgIpc) is 3.12. The summed E-state index contributed by atoms with van der Waals surface area (Å²) in [6.45, 7) is 9.39. The Kier molecular flexibility index (Phi) is 9.59. The summed E-state index contributed by atoms with van der Waals surface area (Å²) in [7, 11) is 1.78. The number of hydrogen-bond donors (Lipinski definition) is 1. The molecule has 6 heteroatoms. The zero-order chi connectivity index (χ0) is 14.2. The van der Waals surface area contributed by atoms with E-state index in [0.717, 1.165) is 45.3 Å². The van der Waals surface area contributed by atoms with Crippen LogP contribution in [0.5, 0.6) is 0 Å². The van der Waals surface area contributed by atoms with Crippen LogP contribution in [0.3, 0.4) is 0 Å². The summed E-state index contributed by atoms with van der Waals surface area (Å²) >= 11 is 0. The molecule has 1 N–H and O–H groups in total. The zero-order valence-corrected chi connectivity index (χ0v) is 15.8. The van der Waals surface area contributed by atoms with Crippen LogP contribution in [0.15, 0.2) is 4.99 Å². The summed E-state index contributed by atoms with van der Waals surface area (Å²) in [5, 5.41) is 3.44. The van der Waals surface area contributed by atoms with E-state index in [9.17, 15) is 0 Å². The SMILES string of the molecule is CCNC(=NCC1CCCN1CCOC)N1CCCC1.I. The Balaban J connectivity index is 0.00000220. The minimum absolute atomic E-state index is 0. The second-order valence-corrected chi connectivity index (χ2v) is 5.71. The van der Waals surface area contributed by atoms with E-state index in [0.29, 0.717) is 6.04 Å². The first kappa shape index (κ1) is 19.0. The second kappa shape index (κ2) is 10.6.